The fourth-order valence-corrected chi connectivity index (χ4v) is 2.92. The van der Waals surface area contributed by atoms with E-state index in [0.29, 0.717) is 23.6 Å². The van der Waals surface area contributed by atoms with Crippen LogP contribution in [-0.4, -0.2) is 31.0 Å². The van der Waals surface area contributed by atoms with Crippen LogP contribution in [0.1, 0.15) is 44.6 Å². The number of nitrogens with one attached hydrogen (secondary N) is 3. The van der Waals surface area contributed by atoms with Crippen LogP contribution in [0.15, 0.2) is 29.3 Å². The second-order valence-electron chi connectivity index (χ2n) is 6.08. The lowest BCUT2D eigenvalue weighted by molar-refractivity contribution is -0.120. The van der Waals surface area contributed by atoms with E-state index >= 15 is 0 Å². The molecule has 1 aromatic carbocycles. The topological polar surface area (TPSA) is 65.5 Å². The lowest BCUT2D eigenvalue weighted by atomic mass is 9.95. The van der Waals surface area contributed by atoms with E-state index in [-0.39, 0.29) is 12.5 Å². The smallest absolute Gasteiger partial charge is 0.239 e. The Labute approximate surface area is 149 Å². The van der Waals surface area contributed by atoms with Crippen molar-refractivity contribution in [3.05, 3.63) is 34.9 Å². The van der Waals surface area contributed by atoms with Crippen LogP contribution in [0.25, 0.3) is 0 Å². The standard InChI is InChI=1S/C18H27ClN4O/c1-2-20-18(21-12-14-8-10-15(19)11-9-14)22-13-17(24)23-16-6-4-3-5-7-16/h8-11,16H,2-7,12-13H2,1H3,(H,23,24)(H2,20,21,22). The molecule has 3 N–H and O–H groups in total. The molecule has 0 aliphatic heterocycles. The molecule has 24 heavy (non-hydrogen) atoms. The van der Waals surface area contributed by atoms with Crippen LogP contribution in [0.4, 0.5) is 0 Å². The number of halogens is 1. The molecule has 1 aliphatic rings. The Morgan fingerprint density at radius 3 is 2.54 bits per heavy atom. The first-order chi connectivity index (χ1) is 11.7. The molecule has 1 amide bonds. The van der Waals surface area contributed by atoms with Gasteiger partial charge in [0.1, 0.15) is 0 Å². The maximum Gasteiger partial charge on any atom is 0.239 e. The molecule has 0 radical (unpaired) electrons. The van der Waals surface area contributed by atoms with Crippen LogP contribution in [0, 0.1) is 0 Å². The third-order valence-electron chi connectivity index (χ3n) is 4.06. The van der Waals surface area contributed by atoms with Crippen molar-refractivity contribution < 1.29 is 4.79 Å². The van der Waals surface area contributed by atoms with Gasteiger partial charge in [0.25, 0.3) is 0 Å². The first-order valence-electron chi connectivity index (χ1n) is 8.73. The summed E-state index contributed by atoms with van der Waals surface area (Å²) in [6, 6.07) is 7.94. The van der Waals surface area contributed by atoms with Crippen LogP contribution in [-0.2, 0) is 11.3 Å². The number of rotatable bonds is 6. The number of hydrogen-bond donors (Lipinski definition) is 3. The average Bonchev–Trinajstić information content (AvgIpc) is 2.59. The number of carbonyl (C=O) groups excluding carboxylic acids is 1. The average molecular weight is 351 g/mol. The van der Waals surface area contributed by atoms with Gasteiger partial charge in [-0.15, -0.1) is 0 Å². The number of guanidine groups is 1. The molecule has 6 heteroatoms. The highest BCUT2D eigenvalue weighted by atomic mass is 35.5. The van der Waals surface area contributed by atoms with Crippen LogP contribution >= 0.6 is 11.6 Å². The third-order valence-corrected chi connectivity index (χ3v) is 4.32. The molecule has 0 atom stereocenters. The number of nitrogens with zero attached hydrogens (tertiary/aromatic N) is 1. The fraction of sp³-hybridized carbons (Fsp3) is 0.556. The Hall–Kier alpha value is -1.75. The van der Waals surface area contributed by atoms with Crippen LogP contribution in [0.3, 0.4) is 0 Å². The van der Waals surface area contributed by atoms with Crippen molar-refractivity contribution in [3.63, 3.8) is 0 Å². The predicted molar refractivity (Wildman–Crippen MR) is 99.3 cm³/mol. The number of carbonyl (C=O) groups is 1. The van der Waals surface area contributed by atoms with E-state index in [9.17, 15) is 4.79 Å². The summed E-state index contributed by atoms with van der Waals surface area (Å²) in [5.74, 6) is 0.672. The van der Waals surface area contributed by atoms with Crippen molar-refractivity contribution in [2.75, 3.05) is 13.1 Å². The Bertz CT molecular complexity index is 538. The highest BCUT2D eigenvalue weighted by Gasteiger charge is 2.15. The largest absolute Gasteiger partial charge is 0.357 e. The number of aliphatic imine (C=N–C) groups is 1. The molecule has 1 fully saturated rings. The minimum atomic E-state index is 0.0268. The van der Waals surface area contributed by atoms with Crippen molar-refractivity contribution in [2.45, 2.75) is 51.6 Å². The van der Waals surface area contributed by atoms with Gasteiger partial charge in [0.2, 0.25) is 5.91 Å². The summed E-state index contributed by atoms with van der Waals surface area (Å²) < 4.78 is 0. The van der Waals surface area contributed by atoms with Crippen LogP contribution in [0.2, 0.25) is 5.02 Å². The van der Waals surface area contributed by atoms with Gasteiger partial charge in [0, 0.05) is 17.6 Å². The second kappa shape index (κ2) is 10.2. The van der Waals surface area contributed by atoms with E-state index in [4.69, 9.17) is 11.6 Å². The van der Waals surface area contributed by atoms with Gasteiger partial charge in [-0.2, -0.15) is 0 Å². The van der Waals surface area contributed by atoms with Crippen molar-refractivity contribution in [3.8, 4) is 0 Å². The summed E-state index contributed by atoms with van der Waals surface area (Å²) >= 11 is 5.88. The Morgan fingerprint density at radius 2 is 1.88 bits per heavy atom. The molecular weight excluding hydrogens is 324 g/mol. The fourth-order valence-electron chi connectivity index (χ4n) is 2.79. The van der Waals surface area contributed by atoms with Crippen LogP contribution < -0.4 is 16.0 Å². The van der Waals surface area contributed by atoms with E-state index in [1.54, 1.807) is 0 Å². The van der Waals surface area contributed by atoms with Crippen molar-refractivity contribution in [2.24, 2.45) is 4.99 Å². The molecular formula is C18H27ClN4O. The molecule has 0 saturated heterocycles. The number of benzene rings is 1. The number of hydrogen-bond acceptors (Lipinski definition) is 2. The molecule has 0 bridgehead atoms. The normalized spacial score (nSPS) is 15.8. The van der Waals surface area contributed by atoms with E-state index in [2.05, 4.69) is 20.9 Å². The molecule has 5 nitrogen and oxygen atoms in total. The second-order valence-corrected chi connectivity index (χ2v) is 6.51. The Morgan fingerprint density at radius 1 is 1.17 bits per heavy atom. The summed E-state index contributed by atoms with van der Waals surface area (Å²) in [7, 11) is 0. The third kappa shape index (κ3) is 6.79. The maximum atomic E-state index is 12.1. The summed E-state index contributed by atoms with van der Waals surface area (Å²) in [4.78, 5) is 16.6. The zero-order valence-electron chi connectivity index (χ0n) is 14.3. The van der Waals surface area contributed by atoms with Gasteiger partial charge in [-0.1, -0.05) is 43.0 Å². The predicted octanol–water partition coefficient (Wildman–Crippen LogP) is 2.84. The van der Waals surface area contributed by atoms with E-state index < -0.39 is 0 Å². The quantitative estimate of drug-likeness (QED) is 0.546. The van der Waals surface area contributed by atoms with E-state index in [1.165, 1.54) is 19.3 Å². The minimum absolute atomic E-state index is 0.0268. The first kappa shape index (κ1) is 18.6. The SMILES string of the molecule is CCNC(=NCc1ccc(Cl)cc1)NCC(=O)NC1CCCCC1. The van der Waals surface area contributed by atoms with Crippen molar-refractivity contribution in [1.29, 1.82) is 0 Å². The molecule has 1 aromatic rings. The highest BCUT2D eigenvalue weighted by molar-refractivity contribution is 6.30. The lowest BCUT2D eigenvalue weighted by Gasteiger charge is -2.23. The van der Waals surface area contributed by atoms with E-state index in [0.717, 1.165) is 24.9 Å². The Kier molecular flexibility index (Phi) is 7.89. The van der Waals surface area contributed by atoms with Gasteiger partial charge >= 0.3 is 0 Å². The molecule has 0 aromatic heterocycles. The summed E-state index contributed by atoms with van der Waals surface area (Å²) in [5.41, 5.74) is 1.07. The Balaban J connectivity index is 1.79. The monoisotopic (exact) mass is 350 g/mol. The zero-order chi connectivity index (χ0) is 17.2. The zero-order valence-corrected chi connectivity index (χ0v) is 15.0. The van der Waals surface area contributed by atoms with Crippen molar-refractivity contribution >= 4 is 23.5 Å². The lowest BCUT2D eigenvalue weighted by Crippen LogP contribution is -2.46. The maximum absolute atomic E-state index is 12.1. The molecule has 1 aliphatic carbocycles. The summed E-state index contributed by atoms with van der Waals surface area (Å²) in [6.07, 6.45) is 5.90. The highest BCUT2D eigenvalue weighted by Crippen LogP contribution is 2.17. The summed E-state index contributed by atoms with van der Waals surface area (Å²) in [5, 5.41) is 10.1. The number of amides is 1. The molecule has 0 unspecified atom stereocenters. The molecule has 0 spiro atoms. The van der Waals surface area contributed by atoms with Gasteiger partial charge in [0.15, 0.2) is 5.96 Å². The van der Waals surface area contributed by atoms with Crippen molar-refractivity contribution in [1.82, 2.24) is 16.0 Å². The van der Waals surface area contributed by atoms with Gasteiger partial charge in [-0.05, 0) is 37.5 Å². The van der Waals surface area contributed by atoms with Gasteiger partial charge < -0.3 is 16.0 Å². The molecule has 0 heterocycles. The van der Waals surface area contributed by atoms with Gasteiger partial charge in [-0.25, -0.2) is 4.99 Å². The van der Waals surface area contributed by atoms with E-state index in [1.807, 2.05) is 31.2 Å². The summed E-state index contributed by atoms with van der Waals surface area (Å²) in [6.45, 7) is 3.53. The molecule has 2 rings (SSSR count). The molecule has 1 saturated carbocycles. The first-order valence-corrected chi connectivity index (χ1v) is 9.11. The minimum Gasteiger partial charge on any atom is -0.357 e. The van der Waals surface area contributed by atoms with Crippen LogP contribution in [0.5, 0.6) is 0 Å². The van der Waals surface area contributed by atoms with Gasteiger partial charge in [-0.3, -0.25) is 4.79 Å². The van der Waals surface area contributed by atoms with Gasteiger partial charge in [0.05, 0.1) is 13.1 Å². The molecule has 132 valence electrons.